The molecule has 2 aliphatic heterocycles. The van der Waals surface area contributed by atoms with Gasteiger partial charge in [0.05, 0.1) is 0 Å². The van der Waals surface area contributed by atoms with Gasteiger partial charge in [-0.15, -0.1) is 0 Å². The van der Waals surface area contributed by atoms with E-state index in [4.69, 9.17) is 0 Å². The molecule has 2 fully saturated rings. The Labute approximate surface area is 73.1 Å². The first-order chi connectivity index (χ1) is 5.84. The molecule has 1 N–H and O–H groups in total. The van der Waals surface area contributed by atoms with Gasteiger partial charge in [0, 0.05) is 19.0 Å². The summed E-state index contributed by atoms with van der Waals surface area (Å²) >= 11 is 0. The second kappa shape index (κ2) is 3.44. The molecule has 2 rings (SSSR count). The summed E-state index contributed by atoms with van der Waals surface area (Å²) in [5.74, 6) is 0.235. The maximum absolute atomic E-state index is 10.9. The SMILES string of the molecule is O=C1CC[C@@H](CN2CCCC2)N1. The summed E-state index contributed by atoms with van der Waals surface area (Å²) in [6, 6.07) is 0.440. The van der Waals surface area contributed by atoms with Crippen molar-refractivity contribution in [3.63, 3.8) is 0 Å². The highest BCUT2D eigenvalue weighted by atomic mass is 16.1. The maximum atomic E-state index is 10.9. The number of nitrogens with zero attached hydrogens (tertiary/aromatic N) is 1. The topological polar surface area (TPSA) is 32.3 Å². The summed E-state index contributed by atoms with van der Waals surface area (Å²) in [5, 5.41) is 3.00. The Hall–Kier alpha value is -0.570. The molecular formula is C9H16N2O. The Morgan fingerprint density at radius 2 is 2.17 bits per heavy atom. The Morgan fingerprint density at radius 1 is 1.42 bits per heavy atom. The Kier molecular flexibility index (Phi) is 2.30. The van der Waals surface area contributed by atoms with E-state index in [2.05, 4.69) is 10.2 Å². The minimum absolute atomic E-state index is 0.235. The molecule has 0 bridgehead atoms. The van der Waals surface area contributed by atoms with E-state index in [-0.39, 0.29) is 5.91 Å². The van der Waals surface area contributed by atoms with Crippen LogP contribution in [0.4, 0.5) is 0 Å². The van der Waals surface area contributed by atoms with Gasteiger partial charge in [-0.3, -0.25) is 4.79 Å². The van der Waals surface area contributed by atoms with Crippen molar-refractivity contribution < 1.29 is 4.79 Å². The third-order valence-corrected chi connectivity index (χ3v) is 2.76. The second-order valence-electron chi connectivity index (χ2n) is 3.81. The normalized spacial score (nSPS) is 31.0. The highest BCUT2D eigenvalue weighted by molar-refractivity contribution is 5.78. The van der Waals surface area contributed by atoms with Crippen molar-refractivity contribution >= 4 is 5.91 Å². The molecule has 0 unspecified atom stereocenters. The number of likely N-dealkylation sites (tertiary alicyclic amines) is 1. The van der Waals surface area contributed by atoms with Gasteiger partial charge < -0.3 is 10.2 Å². The summed E-state index contributed by atoms with van der Waals surface area (Å²) in [5.41, 5.74) is 0. The van der Waals surface area contributed by atoms with Gasteiger partial charge in [0.2, 0.25) is 5.91 Å². The molecule has 0 radical (unpaired) electrons. The average molecular weight is 168 g/mol. The molecule has 68 valence electrons. The van der Waals surface area contributed by atoms with E-state index in [1.807, 2.05) is 0 Å². The minimum atomic E-state index is 0.235. The van der Waals surface area contributed by atoms with Crippen LogP contribution in [0.5, 0.6) is 0 Å². The van der Waals surface area contributed by atoms with E-state index in [9.17, 15) is 4.79 Å². The molecule has 0 spiro atoms. The molecule has 0 aromatic heterocycles. The predicted octanol–water partition coefficient (Wildman–Crippen LogP) is 0.361. The van der Waals surface area contributed by atoms with Gasteiger partial charge in [0.15, 0.2) is 0 Å². The fourth-order valence-electron chi connectivity index (χ4n) is 2.09. The predicted molar refractivity (Wildman–Crippen MR) is 46.8 cm³/mol. The first kappa shape index (κ1) is 8.05. The van der Waals surface area contributed by atoms with Crippen LogP contribution in [0, 0.1) is 0 Å². The number of rotatable bonds is 2. The molecule has 12 heavy (non-hydrogen) atoms. The lowest BCUT2D eigenvalue weighted by atomic mass is 10.2. The summed E-state index contributed by atoms with van der Waals surface area (Å²) in [6.07, 6.45) is 4.44. The molecule has 1 atom stereocenters. The first-order valence-corrected chi connectivity index (χ1v) is 4.86. The Bertz CT molecular complexity index is 175. The summed E-state index contributed by atoms with van der Waals surface area (Å²) in [7, 11) is 0. The molecule has 0 saturated carbocycles. The molecule has 0 aliphatic carbocycles. The number of nitrogens with one attached hydrogen (secondary N) is 1. The molecule has 1 amide bonds. The van der Waals surface area contributed by atoms with Gasteiger partial charge in [-0.25, -0.2) is 0 Å². The van der Waals surface area contributed by atoms with Crippen LogP contribution in [-0.4, -0.2) is 36.5 Å². The van der Waals surface area contributed by atoms with Crippen molar-refractivity contribution in [2.75, 3.05) is 19.6 Å². The standard InChI is InChI=1S/C9H16N2O/c12-9-4-3-8(10-9)7-11-5-1-2-6-11/h8H,1-7H2,(H,10,12)/t8-/m0/s1. The fourth-order valence-corrected chi connectivity index (χ4v) is 2.09. The second-order valence-corrected chi connectivity index (χ2v) is 3.81. The van der Waals surface area contributed by atoms with Gasteiger partial charge in [-0.2, -0.15) is 0 Å². The fraction of sp³-hybridized carbons (Fsp3) is 0.889. The van der Waals surface area contributed by atoms with Crippen LogP contribution in [0.2, 0.25) is 0 Å². The van der Waals surface area contributed by atoms with E-state index < -0.39 is 0 Å². The molecule has 0 aromatic rings. The van der Waals surface area contributed by atoms with Crippen LogP contribution in [0.15, 0.2) is 0 Å². The zero-order chi connectivity index (χ0) is 8.39. The van der Waals surface area contributed by atoms with Gasteiger partial charge in [-0.1, -0.05) is 0 Å². The Balaban J connectivity index is 1.75. The molecule has 2 heterocycles. The van der Waals surface area contributed by atoms with E-state index in [1.54, 1.807) is 0 Å². The summed E-state index contributed by atoms with van der Waals surface area (Å²) in [4.78, 5) is 13.4. The van der Waals surface area contributed by atoms with E-state index in [1.165, 1.54) is 25.9 Å². The van der Waals surface area contributed by atoms with Gasteiger partial charge >= 0.3 is 0 Å². The average Bonchev–Trinajstić information content (AvgIpc) is 2.63. The van der Waals surface area contributed by atoms with Gasteiger partial charge in [0.1, 0.15) is 0 Å². The van der Waals surface area contributed by atoms with Crippen molar-refractivity contribution in [2.24, 2.45) is 0 Å². The van der Waals surface area contributed by atoms with Crippen LogP contribution in [0.25, 0.3) is 0 Å². The third kappa shape index (κ3) is 1.78. The van der Waals surface area contributed by atoms with E-state index in [0.29, 0.717) is 6.04 Å². The monoisotopic (exact) mass is 168 g/mol. The quantitative estimate of drug-likeness (QED) is 0.645. The van der Waals surface area contributed by atoms with Crippen molar-refractivity contribution in [2.45, 2.75) is 31.7 Å². The molecule has 2 saturated heterocycles. The molecule has 0 aromatic carbocycles. The lowest BCUT2D eigenvalue weighted by Crippen LogP contribution is -2.37. The minimum Gasteiger partial charge on any atom is -0.352 e. The lowest BCUT2D eigenvalue weighted by Gasteiger charge is -2.19. The van der Waals surface area contributed by atoms with Crippen LogP contribution < -0.4 is 5.32 Å². The lowest BCUT2D eigenvalue weighted by molar-refractivity contribution is -0.119. The number of carbonyl (C=O) groups excluding carboxylic acids is 1. The van der Waals surface area contributed by atoms with Gasteiger partial charge in [-0.05, 0) is 32.4 Å². The Morgan fingerprint density at radius 3 is 2.75 bits per heavy atom. The number of amides is 1. The largest absolute Gasteiger partial charge is 0.352 e. The van der Waals surface area contributed by atoms with Crippen LogP contribution in [0.1, 0.15) is 25.7 Å². The third-order valence-electron chi connectivity index (χ3n) is 2.76. The molecule has 3 heteroatoms. The number of carbonyl (C=O) groups is 1. The summed E-state index contributed by atoms with van der Waals surface area (Å²) < 4.78 is 0. The maximum Gasteiger partial charge on any atom is 0.220 e. The number of hydrogen-bond donors (Lipinski definition) is 1. The van der Waals surface area contributed by atoms with Crippen molar-refractivity contribution in [3.8, 4) is 0 Å². The van der Waals surface area contributed by atoms with Gasteiger partial charge in [0.25, 0.3) is 0 Å². The van der Waals surface area contributed by atoms with Crippen LogP contribution >= 0.6 is 0 Å². The van der Waals surface area contributed by atoms with E-state index in [0.717, 1.165) is 19.4 Å². The van der Waals surface area contributed by atoms with Crippen molar-refractivity contribution in [1.29, 1.82) is 0 Å². The molecule has 3 nitrogen and oxygen atoms in total. The molecular weight excluding hydrogens is 152 g/mol. The van der Waals surface area contributed by atoms with Crippen molar-refractivity contribution in [3.05, 3.63) is 0 Å². The smallest absolute Gasteiger partial charge is 0.220 e. The van der Waals surface area contributed by atoms with E-state index >= 15 is 0 Å². The van der Waals surface area contributed by atoms with Crippen LogP contribution in [0.3, 0.4) is 0 Å². The number of hydrogen-bond acceptors (Lipinski definition) is 2. The van der Waals surface area contributed by atoms with Crippen LogP contribution in [-0.2, 0) is 4.79 Å². The highest BCUT2D eigenvalue weighted by Crippen LogP contribution is 2.12. The first-order valence-electron chi connectivity index (χ1n) is 4.86. The zero-order valence-corrected chi connectivity index (χ0v) is 7.38. The molecule has 2 aliphatic rings. The zero-order valence-electron chi connectivity index (χ0n) is 7.38. The summed E-state index contributed by atoms with van der Waals surface area (Å²) in [6.45, 7) is 3.53. The van der Waals surface area contributed by atoms with Crippen molar-refractivity contribution in [1.82, 2.24) is 10.2 Å². The highest BCUT2D eigenvalue weighted by Gasteiger charge is 2.23.